The van der Waals surface area contributed by atoms with Crippen molar-refractivity contribution in [3.05, 3.63) is 23.2 Å². The number of carbonyl (C=O) groups is 1. The first-order valence-corrected chi connectivity index (χ1v) is 7.32. The highest BCUT2D eigenvalue weighted by Crippen LogP contribution is 2.27. The van der Waals surface area contributed by atoms with Crippen LogP contribution in [0.1, 0.15) is 33.6 Å². The molecule has 1 aromatic rings. The number of nitroso groups, excluding NO2 is 1. The van der Waals surface area contributed by atoms with E-state index in [4.69, 9.17) is 9.47 Å². The van der Waals surface area contributed by atoms with Crippen molar-refractivity contribution >= 4 is 11.8 Å². The molecule has 0 aliphatic carbocycles. The second kappa shape index (κ2) is 6.72. The molecule has 1 aromatic heterocycles. The molecule has 1 fully saturated rings. The van der Waals surface area contributed by atoms with E-state index in [0.717, 1.165) is 0 Å². The standard InChI is InChI=1S/C15H21N3O4/c1-15(2,3)22-14(19)18-9-6-11(7-10-18)21-13-12(17-20)5-4-8-16-13/h4-5,8,11H,6-7,9-10H2,1-3H3. The molecule has 0 aromatic carbocycles. The number of likely N-dealkylation sites (tertiary alicyclic amines) is 1. The van der Waals surface area contributed by atoms with Gasteiger partial charge < -0.3 is 14.4 Å². The van der Waals surface area contributed by atoms with Gasteiger partial charge >= 0.3 is 6.09 Å². The van der Waals surface area contributed by atoms with Gasteiger partial charge in [0.05, 0.1) is 0 Å². The molecule has 0 atom stereocenters. The Morgan fingerprint density at radius 1 is 1.36 bits per heavy atom. The lowest BCUT2D eigenvalue weighted by molar-refractivity contribution is 0.0123. The number of piperidine rings is 1. The third-order valence-electron chi connectivity index (χ3n) is 3.22. The normalized spacial score (nSPS) is 16.2. The number of amides is 1. The molecule has 22 heavy (non-hydrogen) atoms. The molecule has 0 N–H and O–H groups in total. The van der Waals surface area contributed by atoms with Crippen molar-refractivity contribution in [2.45, 2.75) is 45.3 Å². The number of aromatic nitrogens is 1. The molecule has 120 valence electrons. The smallest absolute Gasteiger partial charge is 0.410 e. The predicted octanol–water partition coefficient (Wildman–Crippen LogP) is 3.26. The summed E-state index contributed by atoms with van der Waals surface area (Å²) < 4.78 is 11.1. The molecule has 1 amide bonds. The van der Waals surface area contributed by atoms with Crippen LogP contribution < -0.4 is 4.74 Å². The topological polar surface area (TPSA) is 81.1 Å². The Hall–Kier alpha value is -2.18. The zero-order valence-electron chi connectivity index (χ0n) is 13.1. The van der Waals surface area contributed by atoms with E-state index in [1.165, 1.54) is 0 Å². The molecule has 2 heterocycles. The van der Waals surface area contributed by atoms with Gasteiger partial charge in [-0.25, -0.2) is 9.78 Å². The maximum Gasteiger partial charge on any atom is 0.410 e. The Morgan fingerprint density at radius 2 is 2.05 bits per heavy atom. The molecule has 1 saturated heterocycles. The summed E-state index contributed by atoms with van der Waals surface area (Å²) in [5, 5.41) is 2.90. The second-order valence-electron chi connectivity index (χ2n) is 6.20. The maximum absolute atomic E-state index is 12.0. The van der Waals surface area contributed by atoms with Crippen molar-refractivity contribution in [1.82, 2.24) is 9.88 Å². The van der Waals surface area contributed by atoms with Gasteiger partial charge in [0.2, 0.25) is 5.88 Å². The highest BCUT2D eigenvalue weighted by atomic mass is 16.6. The molecule has 0 radical (unpaired) electrons. The number of nitrogens with zero attached hydrogens (tertiary/aromatic N) is 3. The van der Waals surface area contributed by atoms with E-state index in [1.54, 1.807) is 23.2 Å². The average Bonchev–Trinajstić information content (AvgIpc) is 2.47. The lowest BCUT2D eigenvalue weighted by Gasteiger charge is -2.33. The zero-order valence-corrected chi connectivity index (χ0v) is 13.1. The van der Waals surface area contributed by atoms with Crippen LogP contribution in [0.2, 0.25) is 0 Å². The molecule has 0 unspecified atom stereocenters. The fourth-order valence-electron chi connectivity index (χ4n) is 2.18. The summed E-state index contributed by atoms with van der Waals surface area (Å²) in [6, 6.07) is 3.19. The monoisotopic (exact) mass is 307 g/mol. The molecule has 0 bridgehead atoms. The predicted molar refractivity (Wildman–Crippen MR) is 81.1 cm³/mol. The zero-order chi connectivity index (χ0) is 16.2. The minimum absolute atomic E-state index is 0.0888. The van der Waals surface area contributed by atoms with Gasteiger partial charge in [-0.2, -0.15) is 0 Å². The Morgan fingerprint density at radius 3 is 2.64 bits per heavy atom. The molecule has 1 aliphatic heterocycles. The maximum atomic E-state index is 12.0. The van der Waals surface area contributed by atoms with Gasteiger partial charge in [0, 0.05) is 32.1 Å². The number of pyridine rings is 1. The number of carbonyl (C=O) groups excluding carboxylic acids is 1. The summed E-state index contributed by atoms with van der Waals surface area (Å²) in [6.45, 7) is 6.63. The molecule has 0 saturated carbocycles. The van der Waals surface area contributed by atoms with Gasteiger partial charge in [-0.05, 0) is 38.1 Å². The van der Waals surface area contributed by atoms with Crippen molar-refractivity contribution in [3.63, 3.8) is 0 Å². The van der Waals surface area contributed by atoms with E-state index in [1.807, 2.05) is 20.8 Å². The highest BCUT2D eigenvalue weighted by Gasteiger charge is 2.28. The van der Waals surface area contributed by atoms with Gasteiger partial charge in [0.25, 0.3) is 0 Å². The first-order valence-electron chi connectivity index (χ1n) is 7.32. The summed E-state index contributed by atoms with van der Waals surface area (Å²) in [6.07, 6.45) is 2.48. The van der Waals surface area contributed by atoms with Crippen molar-refractivity contribution < 1.29 is 14.3 Å². The van der Waals surface area contributed by atoms with E-state index in [9.17, 15) is 9.70 Å². The van der Waals surface area contributed by atoms with Gasteiger partial charge in [-0.3, -0.25) is 0 Å². The summed E-state index contributed by atoms with van der Waals surface area (Å²) in [7, 11) is 0. The largest absolute Gasteiger partial charge is 0.473 e. The molecule has 2 rings (SSSR count). The van der Waals surface area contributed by atoms with Gasteiger partial charge in [0.1, 0.15) is 11.7 Å². The van der Waals surface area contributed by atoms with Gasteiger partial charge in [-0.15, -0.1) is 4.91 Å². The molecule has 1 aliphatic rings. The first kappa shape index (κ1) is 16.2. The molecule has 7 heteroatoms. The second-order valence-corrected chi connectivity index (χ2v) is 6.20. The Bertz CT molecular complexity index is 534. The van der Waals surface area contributed by atoms with Gasteiger partial charge in [0.15, 0.2) is 5.69 Å². The van der Waals surface area contributed by atoms with E-state index in [-0.39, 0.29) is 23.8 Å². The van der Waals surface area contributed by atoms with Crippen LogP contribution in [0.5, 0.6) is 5.88 Å². The number of hydrogen-bond acceptors (Lipinski definition) is 6. The third-order valence-corrected chi connectivity index (χ3v) is 3.22. The quantitative estimate of drug-likeness (QED) is 0.801. The number of hydrogen-bond donors (Lipinski definition) is 0. The molecular formula is C15H21N3O4. The summed E-state index contributed by atoms with van der Waals surface area (Å²) in [4.78, 5) is 28.4. The summed E-state index contributed by atoms with van der Waals surface area (Å²) in [5.41, 5.74) is -0.305. The first-order chi connectivity index (χ1) is 10.4. The van der Waals surface area contributed by atoms with Crippen LogP contribution >= 0.6 is 0 Å². The minimum Gasteiger partial charge on any atom is -0.473 e. The number of ether oxygens (including phenoxy) is 2. The van der Waals surface area contributed by atoms with E-state index in [0.29, 0.717) is 25.9 Å². The Labute approximate surface area is 129 Å². The Balaban J connectivity index is 1.87. The third kappa shape index (κ3) is 4.41. The van der Waals surface area contributed by atoms with Gasteiger partial charge in [-0.1, -0.05) is 0 Å². The summed E-state index contributed by atoms with van der Waals surface area (Å²) >= 11 is 0. The van der Waals surface area contributed by atoms with Crippen LogP contribution in [0.15, 0.2) is 23.5 Å². The Kier molecular flexibility index (Phi) is 4.95. The lowest BCUT2D eigenvalue weighted by Crippen LogP contribution is -2.44. The van der Waals surface area contributed by atoms with Crippen LogP contribution in [0.3, 0.4) is 0 Å². The van der Waals surface area contributed by atoms with E-state index >= 15 is 0 Å². The van der Waals surface area contributed by atoms with Crippen LogP contribution in [-0.2, 0) is 4.74 Å². The van der Waals surface area contributed by atoms with Crippen molar-refractivity contribution in [3.8, 4) is 5.88 Å². The van der Waals surface area contributed by atoms with Crippen LogP contribution in [0.4, 0.5) is 10.5 Å². The highest BCUT2D eigenvalue weighted by molar-refractivity contribution is 5.68. The average molecular weight is 307 g/mol. The summed E-state index contributed by atoms with van der Waals surface area (Å²) in [5.74, 6) is 0.244. The molecule has 7 nitrogen and oxygen atoms in total. The van der Waals surface area contributed by atoms with E-state index < -0.39 is 5.60 Å². The minimum atomic E-state index is -0.497. The van der Waals surface area contributed by atoms with E-state index in [2.05, 4.69) is 10.2 Å². The van der Waals surface area contributed by atoms with Crippen LogP contribution in [0.25, 0.3) is 0 Å². The van der Waals surface area contributed by atoms with Crippen LogP contribution in [0, 0.1) is 4.91 Å². The fourth-order valence-corrected chi connectivity index (χ4v) is 2.18. The molecule has 0 spiro atoms. The lowest BCUT2D eigenvalue weighted by atomic mass is 10.1. The fraction of sp³-hybridized carbons (Fsp3) is 0.600. The van der Waals surface area contributed by atoms with Crippen molar-refractivity contribution in [2.24, 2.45) is 5.18 Å². The van der Waals surface area contributed by atoms with Crippen molar-refractivity contribution in [1.29, 1.82) is 0 Å². The van der Waals surface area contributed by atoms with Crippen molar-refractivity contribution in [2.75, 3.05) is 13.1 Å². The SMILES string of the molecule is CC(C)(C)OC(=O)N1CCC(Oc2ncccc2N=O)CC1. The number of rotatable bonds is 3. The van der Waals surface area contributed by atoms with Crippen LogP contribution in [-0.4, -0.2) is 40.8 Å². The molecular weight excluding hydrogens is 286 g/mol.